The van der Waals surface area contributed by atoms with Crippen LogP contribution in [0.25, 0.3) is 6.08 Å². The van der Waals surface area contributed by atoms with Crippen LogP contribution in [-0.2, 0) is 4.79 Å². The summed E-state index contributed by atoms with van der Waals surface area (Å²) in [5, 5.41) is 3.60. The van der Waals surface area contributed by atoms with E-state index in [2.05, 4.69) is 24.4 Å². The number of piperidine rings is 1. The number of ether oxygens (including phenoxy) is 1. The molecule has 4 nitrogen and oxygen atoms in total. The SMILES string of the molecule is COc1ccccc1/C=C/CNC1CCN(C(=O)C(C)C)CC1C. The number of amides is 1. The third-order valence-corrected chi connectivity index (χ3v) is 4.65. The van der Waals surface area contributed by atoms with E-state index in [0.717, 1.165) is 37.4 Å². The summed E-state index contributed by atoms with van der Waals surface area (Å²) in [6, 6.07) is 8.47. The van der Waals surface area contributed by atoms with E-state index in [1.165, 1.54) is 0 Å². The monoisotopic (exact) mass is 330 g/mol. The molecule has 24 heavy (non-hydrogen) atoms. The zero-order valence-electron chi connectivity index (χ0n) is 15.3. The Bertz CT molecular complexity index is 569. The summed E-state index contributed by atoms with van der Waals surface area (Å²) in [6.45, 7) is 8.70. The molecule has 0 spiro atoms. The third kappa shape index (κ3) is 4.84. The summed E-state index contributed by atoms with van der Waals surface area (Å²) in [7, 11) is 1.69. The Balaban J connectivity index is 1.81. The van der Waals surface area contributed by atoms with Gasteiger partial charge in [-0.25, -0.2) is 0 Å². The summed E-state index contributed by atoms with van der Waals surface area (Å²) in [5.41, 5.74) is 1.09. The summed E-state index contributed by atoms with van der Waals surface area (Å²) >= 11 is 0. The van der Waals surface area contributed by atoms with Crippen molar-refractivity contribution in [3.63, 3.8) is 0 Å². The molecule has 1 fully saturated rings. The molecule has 1 aliphatic rings. The Morgan fingerprint density at radius 1 is 1.42 bits per heavy atom. The highest BCUT2D eigenvalue weighted by atomic mass is 16.5. The van der Waals surface area contributed by atoms with Gasteiger partial charge in [0, 0.05) is 37.2 Å². The number of nitrogens with zero attached hydrogens (tertiary/aromatic N) is 1. The molecule has 1 aromatic carbocycles. The Kier molecular flexibility index (Phi) is 6.85. The average Bonchev–Trinajstić information content (AvgIpc) is 2.59. The molecule has 4 heteroatoms. The summed E-state index contributed by atoms with van der Waals surface area (Å²) < 4.78 is 5.35. The number of carbonyl (C=O) groups is 1. The van der Waals surface area contributed by atoms with Crippen molar-refractivity contribution in [1.29, 1.82) is 0 Å². The van der Waals surface area contributed by atoms with E-state index in [1.807, 2.05) is 43.0 Å². The molecule has 1 saturated heterocycles. The van der Waals surface area contributed by atoms with E-state index in [1.54, 1.807) is 7.11 Å². The van der Waals surface area contributed by atoms with Gasteiger partial charge in [-0.3, -0.25) is 4.79 Å². The average molecular weight is 330 g/mol. The Morgan fingerprint density at radius 2 is 2.17 bits per heavy atom. The molecule has 132 valence electrons. The minimum Gasteiger partial charge on any atom is -0.496 e. The van der Waals surface area contributed by atoms with Gasteiger partial charge in [-0.1, -0.05) is 51.1 Å². The second-order valence-corrected chi connectivity index (χ2v) is 6.86. The van der Waals surface area contributed by atoms with Crippen LogP contribution >= 0.6 is 0 Å². The second-order valence-electron chi connectivity index (χ2n) is 6.86. The molecule has 0 aromatic heterocycles. The van der Waals surface area contributed by atoms with E-state index in [9.17, 15) is 4.79 Å². The maximum absolute atomic E-state index is 12.1. The molecule has 0 aliphatic carbocycles. The van der Waals surface area contributed by atoms with Crippen molar-refractivity contribution in [2.75, 3.05) is 26.7 Å². The van der Waals surface area contributed by atoms with Gasteiger partial charge in [-0.15, -0.1) is 0 Å². The van der Waals surface area contributed by atoms with Gasteiger partial charge >= 0.3 is 0 Å². The molecule has 1 N–H and O–H groups in total. The predicted octanol–water partition coefficient (Wildman–Crippen LogP) is 3.19. The number of para-hydroxylation sites is 1. The van der Waals surface area contributed by atoms with Crippen molar-refractivity contribution in [1.82, 2.24) is 10.2 Å². The highest BCUT2D eigenvalue weighted by Crippen LogP contribution is 2.20. The van der Waals surface area contributed by atoms with Crippen molar-refractivity contribution in [3.8, 4) is 5.75 Å². The molecule has 2 unspecified atom stereocenters. The number of likely N-dealkylation sites (tertiary alicyclic amines) is 1. The summed E-state index contributed by atoms with van der Waals surface area (Å²) in [5.74, 6) is 1.73. The number of hydrogen-bond acceptors (Lipinski definition) is 3. The first kappa shape index (κ1) is 18.5. The highest BCUT2D eigenvalue weighted by Gasteiger charge is 2.28. The minimum absolute atomic E-state index is 0.0884. The van der Waals surface area contributed by atoms with Crippen molar-refractivity contribution >= 4 is 12.0 Å². The lowest BCUT2D eigenvalue weighted by Crippen LogP contribution is -2.51. The topological polar surface area (TPSA) is 41.6 Å². The fourth-order valence-electron chi connectivity index (χ4n) is 3.22. The molecule has 0 bridgehead atoms. The van der Waals surface area contributed by atoms with Gasteiger partial charge in [0.05, 0.1) is 7.11 Å². The number of hydrogen-bond donors (Lipinski definition) is 1. The molecule has 0 saturated carbocycles. The number of nitrogens with one attached hydrogen (secondary N) is 1. The van der Waals surface area contributed by atoms with Gasteiger partial charge in [0.1, 0.15) is 5.75 Å². The molecule has 2 atom stereocenters. The summed E-state index contributed by atoms with van der Waals surface area (Å²) in [6.07, 6.45) is 5.24. The molecule has 2 rings (SSSR count). The van der Waals surface area contributed by atoms with Gasteiger partial charge in [0.25, 0.3) is 0 Å². The first-order valence-electron chi connectivity index (χ1n) is 8.84. The van der Waals surface area contributed by atoms with E-state index < -0.39 is 0 Å². The number of benzene rings is 1. The molecule has 1 aliphatic heterocycles. The Hall–Kier alpha value is -1.81. The maximum atomic E-state index is 12.1. The van der Waals surface area contributed by atoms with Crippen molar-refractivity contribution < 1.29 is 9.53 Å². The van der Waals surface area contributed by atoms with Crippen molar-refractivity contribution in [3.05, 3.63) is 35.9 Å². The predicted molar refractivity (Wildman–Crippen MR) is 99.0 cm³/mol. The largest absolute Gasteiger partial charge is 0.496 e. The lowest BCUT2D eigenvalue weighted by molar-refractivity contribution is -0.136. The quantitative estimate of drug-likeness (QED) is 0.871. The number of methoxy groups -OCH3 is 1. The van der Waals surface area contributed by atoms with Crippen LogP contribution in [0.15, 0.2) is 30.3 Å². The lowest BCUT2D eigenvalue weighted by atomic mass is 9.93. The van der Waals surface area contributed by atoms with Crippen LogP contribution in [0.1, 0.15) is 32.8 Å². The van der Waals surface area contributed by atoms with Gasteiger partial charge < -0.3 is 15.0 Å². The van der Waals surface area contributed by atoms with Crippen LogP contribution in [0.3, 0.4) is 0 Å². The van der Waals surface area contributed by atoms with Crippen LogP contribution in [0.2, 0.25) is 0 Å². The van der Waals surface area contributed by atoms with E-state index in [0.29, 0.717) is 12.0 Å². The van der Waals surface area contributed by atoms with Crippen LogP contribution in [0.4, 0.5) is 0 Å². The molecule has 0 radical (unpaired) electrons. The first-order chi connectivity index (χ1) is 11.5. The second kappa shape index (κ2) is 8.88. The normalized spacial score (nSPS) is 21.5. The van der Waals surface area contributed by atoms with Crippen LogP contribution in [-0.4, -0.2) is 43.6 Å². The van der Waals surface area contributed by atoms with E-state index in [-0.39, 0.29) is 11.8 Å². The standard InChI is InChI=1S/C20H30N2O2/c1-15(2)20(23)22-13-11-18(16(3)14-22)21-12-7-9-17-8-5-6-10-19(17)24-4/h5-10,15-16,18,21H,11-14H2,1-4H3/b9-7+. The van der Waals surface area contributed by atoms with E-state index in [4.69, 9.17) is 4.74 Å². The van der Waals surface area contributed by atoms with Crippen LogP contribution < -0.4 is 10.1 Å². The van der Waals surface area contributed by atoms with Crippen molar-refractivity contribution in [2.45, 2.75) is 33.2 Å². The lowest BCUT2D eigenvalue weighted by Gasteiger charge is -2.38. The number of carbonyl (C=O) groups excluding carboxylic acids is 1. The van der Waals surface area contributed by atoms with Gasteiger partial charge in [0.15, 0.2) is 0 Å². The third-order valence-electron chi connectivity index (χ3n) is 4.65. The molecule has 1 heterocycles. The Morgan fingerprint density at radius 3 is 2.83 bits per heavy atom. The molecular weight excluding hydrogens is 300 g/mol. The smallest absolute Gasteiger partial charge is 0.225 e. The van der Waals surface area contributed by atoms with Gasteiger partial charge in [0.2, 0.25) is 5.91 Å². The minimum atomic E-state index is 0.0884. The molecular formula is C20H30N2O2. The highest BCUT2D eigenvalue weighted by molar-refractivity contribution is 5.78. The fraction of sp³-hybridized carbons (Fsp3) is 0.550. The number of rotatable bonds is 6. The fourth-order valence-corrected chi connectivity index (χ4v) is 3.22. The first-order valence-corrected chi connectivity index (χ1v) is 8.84. The van der Waals surface area contributed by atoms with Crippen molar-refractivity contribution in [2.24, 2.45) is 11.8 Å². The van der Waals surface area contributed by atoms with Gasteiger partial charge in [-0.05, 0) is 18.4 Å². The summed E-state index contributed by atoms with van der Waals surface area (Å²) in [4.78, 5) is 14.1. The maximum Gasteiger partial charge on any atom is 0.225 e. The van der Waals surface area contributed by atoms with E-state index >= 15 is 0 Å². The molecule has 1 aromatic rings. The Labute approximate surface area is 145 Å². The van der Waals surface area contributed by atoms with Gasteiger partial charge in [-0.2, -0.15) is 0 Å². The molecule has 1 amide bonds. The van der Waals surface area contributed by atoms with Crippen LogP contribution in [0.5, 0.6) is 5.75 Å². The zero-order valence-corrected chi connectivity index (χ0v) is 15.3. The van der Waals surface area contributed by atoms with Crippen LogP contribution in [0, 0.1) is 11.8 Å². The zero-order chi connectivity index (χ0) is 17.5.